The summed E-state index contributed by atoms with van der Waals surface area (Å²) in [4.78, 5) is 31.8. The second kappa shape index (κ2) is 7.31. The number of hydrogen-bond donors (Lipinski definition) is 1. The van der Waals surface area contributed by atoms with Crippen LogP contribution in [0.5, 0.6) is 0 Å². The maximum atomic E-state index is 11.9. The van der Waals surface area contributed by atoms with Crippen LogP contribution in [0, 0.1) is 15.5 Å². The molecule has 1 aromatic rings. The lowest BCUT2D eigenvalue weighted by Gasteiger charge is -2.32. The Morgan fingerprint density at radius 3 is 2.58 bits per heavy atom. The molecule has 9 heteroatoms. The molecule has 0 radical (unpaired) electrons. The van der Waals surface area contributed by atoms with Crippen molar-refractivity contribution in [3.63, 3.8) is 0 Å². The number of aromatic nitrogens is 1. The Kier molecular flexibility index (Phi) is 5.61. The van der Waals surface area contributed by atoms with Crippen LogP contribution in [-0.4, -0.2) is 40.1 Å². The summed E-state index contributed by atoms with van der Waals surface area (Å²) in [6, 6.07) is 2.72. The Labute approximate surface area is 145 Å². The van der Waals surface area contributed by atoms with Gasteiger partial charge in [0.05, 0.1) is 10.3 Å². The van der Waals surface area contributed by atoms with E-state index < -0.39 is 10.3 Å². The molecule has 2 rings (SSSR count). The Hall–Kier alpha value is -1.93. The Morgan fingerprint density at radius 1 is 1.42 bits per heavy atom. The van der Waals surface area contributed by atoms with E-state index in [9.17, 15) is 14.9 Å². The van der Waals surface area contributed by atoms with Gasteiger partial charge >= 0.3 is 11.7 Å². The molecule has 1 fully saturated rings. The predicted molar refractivity (Wildman–Crippen MR) is 89.7 cm³/mol. The van der Waals surface area contributed by atoms with Crippen LogP contribution >= 0.6 is 11.6 Å². The van der Waals surface area contributed by atoms with Gasteiger partial charge < -0.3 is 10.2 Å². The highest BCUT2D eigenvalue weighted by Gasteiger charge is 2.29. The van der Waals surface area contributed by atoms with Gasteiger partial charge in [-0.25, -0.2) is 9.78 Å². The zero-order valence-electron chi connectivity index (χ0n) is 13.9. The molecular formula is C15H21ClN4O4. The lowest BCUT2D eigenvalue weighted by molar-refractivity contribution is -0.384. The van der Waals surface area contributed by atoms with E-state index in [-0.39, 0.29) is 28.7 Å². The third-order valence-corrected chi connectivity index (χ3v) is 3.87. The maximum absolute atomic E-state index is 11.9. The van der Waals surface area contributed by atoms with Crippen molar-refractivity contribution in [3.05, 3.63) is 27.4 Å². The molecule has 0 amide bonds. The van der Waals surface area contributed by atoms with Gasteiger partial charge in [0, 0.05) is 25.2 Å². The van der Waals surface area contributed by atoms with E-state index in [0.717, 1.165) is 0 Å². The first-order valence-electron chi connectivity index (χ1n) is 7.71. The fraction of sp³-hybridized carbons (Fsp3) is 0.600. The minimum atomic E-state index is -0.555. The number of nitro groups is 1. The molecule has 1 aliphatic heterocycles. The molecule has 24 heavy (non-hydrogen) atoms. The van der Waals surface area contributed by atoms with Crippen molar-refractivity contribution in [1.29, 1.82) is 0 Å². The van der Waals surface area contributed by atoms with Crippen molar-refractivity contribution in [2.45, 2.75) is 39.7 Å². The van der Waals surface area contributed by atoms with Gasteiger partial charge in [0.2, 0.25) is 5.82 Å². The molecule has 0 aromatic carbocycles. The molecule has 8 nitrogen and oxygen atoms in total. The van der Waals surface area contributed by atoms with Crippen LogP contribution in [0.4, 0.5) is 11.5 Å². The normalized spacial score (nSPS) is 16.7. The molecular weight excluding hydrogens is 336 g/mol. The van der Waals surface area contributed by atoms with E-state index in [0.29, 0.717) is 25.9 Å². The van der Waals surface area contributed by atoms with Crippen molar-refractivity contribution in [1.82, 2.24) is 10.0 Å². The molecule has 2 heterocycles. The lowest BCUT2D eigenvalue weighted by atomic mass is 9.98. The van der Waals surface area contributed by atoms with Gasteiger partial charge in [-0.3, -0.25) is 10.1 Å². The van der Waals surface area contributed by atoms with Crippen LogP contribution in [0.1, 0.15) is 33.6 Å². The molecule has 0 bridgehead atoms. The Bertz CT molecular complexity index is 624. The third kappa shape index (κ3) is 4.78. The summed E-state index contributed by atoms with van der Waals surface area (Å²) in [6.45, 7) is 6.50. The number of carbonyl (C=O) groups excluding carboxylic acids is 1. The van der Waals surface area contributed by atoms with Gasteiger partial charge in [-0.2, -0.15) is 0 Å². The summed E-state index contributed by atoms with van der Waals surface area (Å²) >= 11 is 5.82. The van der Waals surface area contributed by atoms with Gasteiger partial charge in [0.1, 0.15) is 5.15 Å². The number of nitrogens with one attached hydrogen (secondary N) is 1. The molecule has 1 saturated heterocycles. The second-order valence-corrected chi connectivity index (χ2v) is 7.12. The lowest BCUT2D eigenvalue weighted by Crippen LogP contribution is -2.42. The van der Waals surface area contributed by atoms with Crippen molar-refractivity contribution in [2.75, 3.05) is 18.4 Å². The highest BCUT2D eigenvalue weighted by molar-refractivity contribution is 6.29. The fourth-order valence-corrected chi connectivity index (χ4v) is 2.37. The van der Waals surface area contributed by atoms with Crippen molar-refractivity contribution < 1.29 is 14.6 Å². The first kappa shape index (κ1) is 18.4. The molecule has 1 N–H and O–H groups in total. The Balaban J connectivity index is 1.93. The topological polar surface area (TPSA) is 97.6 Å². The first-order valence-corrected chi connectivity index (χ1v) is 8.09. The van der Waals surface area contributed by atoms with Crippen LogP contribution in [0.3, 0.4) is 0 Å². The summed E-state index contributed by atoms with van der Waals surface area (Å²) in [7, 11) is 0. The van der Waals surface area contributed by atoms with E-state index >= 15 is 0 Å². The number of halogens is 1. The molecule has 0 saturated carbocycles. The van der Waals surface area contributed by atoms with Crippen LogP contribution < -0.4 is 5.32 Å². The quantitative estimate of drug-likeness (QED) is 0.503. The minimum Gasteiger partial charge on any atom is -0.367 e. The first-order chi connectivity index (χ1) is 11.2. The van der Waals surface area contributed by atoms with Crippen LogP contribution in [0.2, 0.25) is 5.15 Å². The summed E-state index contributed by atoms with van der Waals surface area (Å²) in [5.74, 6) is -0.112. The van der Waals surface area contributed by atoms with Gasteiger partial charge in [0.15, 0.2) is 0 Å². The molecule has 0 atom stereocenters. The summed E-state index contributed by atoms with van der Waals surface area (Å²) in [6.07, 6.45) is 1.34. The smallest absolute Gasteiger partial charge is 0.330 e. The maximum Gasteiger partial charge on any atom is 0.330 e. The van der Waals surface area contributed by atoms with Gasteiger partial charge in [0.25, 0.3) is 0 Å². The minimum absolute atomic E-state index is 0.000689. The molecule has 1 aromatic heterocycles. The van der Waals surface area contributed by atoms with E-state index in [4.69, 9.17) is 16.4 Å². The van der Waals surface area contributed by atoms with Crippen molar-refractivity contribution >= 4 is 29.1 Å². The van der Waals surface area contributed by atoms with E-state index in [1.807, 2.05) is 0 Å². The van der Waals surface area contributed by atoms with Crippen LogP contribution in [-0.2, 0) is 9.63 Å². The van der Waals surface area contributed by atoms with E-state index in [1.165, 1.54) is 12.1 Å². The SMILES string of the molecule is CC(C)(C)C(=O)ON1CCC(Nc2nc(Cl)ccc2[N+](=O)[O-])CC1. The standard InChI is InChI=1S/C15H21ClN4O4/c1-15(2,3)14(21)24-19-8-6-10(7-9-19)17-13-11(20(22)23)4-5-12(16)18-13/h4-5,10H,6-9H2,1-3H3,(H,17,18). The van der Waals surface area contributed by atoms with E-state index in [2.05, 4.69) is 10.3 Å². The average Bonchev–Trinajstić information content (AvgIpc) is 2.48. The van der Waals surface area contributed by atoms with E-state index in [1.54, 1.807) is 25.8 Å². The number of nitrogens with zero attached hydrogens (tertiary/aromatic N) is 3. The number of pyridine rings is 1. The van der Waals surface area contributed by atoms with Crippen molar-refractivity contribution in [3.8, 4) is 0 Å². The number of hydrogen-bond acceptors (Lipinski definition) is 7. The second-order valence-electron chi connectivity index (χ2n) is 6.74. The molecule has 0 unspecified atom stereocenters. The highest BCUT2D eigenvalue weighted by Crippen LogP contribution is 2.27. The van der Waals surface area contributed by atoms with Crippen LogP contribution in [0.25, 0.3) is 0 Å². The summed E-state index contributed by atoms with van der Waals surface area (Å²) in [5, 5.41) is 16.0. The summed E-state index contributed by atoms with van der Waals surface area (Å²) in [5.41, 5.74) is -0.665. The zero-order valence-corrected chi connectivity index (χ0v) is 14.7. The van der Waals surface area contributed by atoms with Gasteiger partial charge in [-0.1, -0.05) is 11.6 Å². The third-order valence-electron chi connectivity index (χ3n) is 3.66. The molecule has 0 spiro atoms. The number of piperidine rings is 1. The number of anilines is 1. The average molecular weight is 357 g/mol. The number of carbonyl (C=O) groups is 1. The summed E-state index contributed by atoms with van der Waals surface area (Å²) < 4.78 is 0. The molecule has 132 valence electrons. The molecule has 0 aliphatic carbocycles. The number of hydroxylamine groups is 2. The van der Waals surface area contributed by atoms with Crippen LogP contribution in [0.15, 0.2) is 12.1 Å². The van der Waals surface area contributed by atoms with Gasteiger partial charge in [-0.15, -0.1) is 5.06 Å². The highest BCUT2D eigenvalue weighted by atomic mass is 35.5. The predicted octanol–water partition coefficient (Wildman–Crippen LogP) is 3.02. The van der Waals surface area contributed by atoms with Crippen molar-refractivity contribution in [2.24, 2.45) is 5.41 Å². The fourth-order valence-electron chi connectivity index (χ4n) is 2.22. The zero-order chi connectivity index (χ0) is 17.9. The molecule has 1 aliphatic rings. The monoisotopic (exact) mass is 356 g/mol. The largest absolute Gasteiger partial charge is 0.367 e. The number of rotatable bonds is 4. The van der Waals surface area contributed by atoms with Gasteiger partial charge in [-0.05, 0) is 39.7 Å². The Morgan fingerprint density at radius 2 is 2.04 bits per heavy atom.